The number of fused-ring (bicyclic) bond motifs is 2. The standard InChI is InChI=1S/C30H20F3N3/c31-30(32,33)27-19-25(22-13-5-2-6-14-22)34-29-28(24-17-9-15-21-12-7-8-16-23(21)24)26(35-36(27)29)18-20-10-3-1-4-11-20/h1-17,19H,18H2. The fraction of sp³-hybridized carbons (Fsp3) is 0.0667. The molecule has 0 aliphatic heterocycles. The summed E-state index contributed by atoms with van der Waals surface area (Å²) in [6, 6.07) is 33.3. The van der Waals surface area contributed by atoms with Crippen molar-refractivity contribution in [2.75, 3.05) is 0 Å². The van der Waals surface area contributed by atoms with E-state index in [1.54, 1.807) is 24.3 Å². The molecule has 0 N–H and O–H groups in total. The van der Waals surface area contributed by atoms with Gasteiger partial charge in [0.05, 0.1) is 17.0 Å². The summed E-state index contributed by atoms with van der Waals surface area (Å²) in [6.45, 7) is 0. The third-order valence-corrected chi connectivity index (χ3v) is 6.29. The number of aromatic nitrogens is 3. The van der Waals surface area contributed by atoms with E-state index >= 15 is 0 Å². The molecule has 176 valence electrons. The van der Waals surface area contributed by atoms with Crippen molar-refractivity contribution < 1.29 is 13.2 Å². The molecule has 0 aliphatic carbocycles. The van der Waals surface area contributed by atoms with Crippen LogP contribution in [0.15, 0.2) is 109 Å². The first-order chi connectivity index (χ1) is 17.5. The van der Waals surface area contributed by atoms with Gasteiger partial charge in [0.1, 0.15) is 0 Å². The summed E-state index contributed by atoms with van der Waals surface area (Å²) in [7, 11) is 0. The Hall–Kier alpha value is -4.45. The molecule has 0 amide bonds. The Balaban J connectivity index is 1.72. The second-order valence-electron chi connectivity index (χ2n) is 8.64. The molecule has 2 heterocycles. The van der Waals surface area contributed by atoms with E-state index in [1.165, 1.54) is 0 Å². The van der Waals surface area contributed by atoms with Gasteiger partial charge in [0.2, 0.25) is 0 Å². The normalized spacial score (nSPS) is 11.9. The van der Waals surface area contributed by atoms with Gasteiger partial charge < -0.3 is 0 Å². The van der Waals surface area contributed by atoms with Gasteiger partial charge in [-0.05, 0) is 28.0 Å². The van der Waals surface area contributed by atoms with E-state index in [0.717, 1.165) is 32.5 Å². The van der Waals surface area contributed by atoms with Gasteiger partial charge in [-0.15, -0.1) is 0 Å². The first-order valence-electron chi connectivity index (χ1n) is 11.6. The predicted octanol–water partition coefficient (Wildman–Crippen LogP) is 7.83. The summed E-state index contributed by atoms with van der Waals surface area (Å²) in [6.07, 6.45) is -4.24. The molecule has 2 aromatic heterocycles. The van der Waals surface area contributed by atoms with Gasteiger partial charge in [-0.2, -0.15) is 18.3 Å². The Bertz CT molecular complexity index is 1680. The highest BCUT2D eigenvalue weighted by Gasteiger charge is 2.36. The van der Waals surface area contributed by atoms with E-state index in [2.05, 4.69) is 5.10 Å². The molecule has 0 fully saturated rings. The highest BCUT2D eigenvalue weighted by Crippen LogP contribution is 2.39. The number of hydrogen-bond acceptors (Lipinski definition) is 2. The van der Waals surface area contributed by atoms with E-state index in [0.29, 0.717) is 23.2 Å². The predicted molar refractivity (Wildman–Crippen MR) is 136 cm³/mol. The van der Waals surface area contributed by atoms with Crippen LogP contribution in [0.1, 0.15) is 17.0 Å². The van der Waals surface area contributed by atoms with Gasteiger partial charge in [0, 0.05) is 12.0 Å². The average molecular weight is 480 g/mol. The monoisotopic (exact) mass is 479 g/mol. The fourth-order valence-corrected chi connectivity index (χ4v) is 4.65. The smallest absolute Gasteiger partial charge is 0.228 e. The molecule has 0 radical (unpaired) electrons. The number of hydrogen-bond donors (Lipinski definition) is 0. The summed E-state index contributed by atoms with van der Waals surface area (Å²) in [5.74, 6) is 0. The van der Waals surface area contributed by atoms with Crippen molar-refractivity contribution in [1.82, 2.24) is 14.6 Å². The summed E-state index contributed by atoms with van der Waals surface area (Å²) in [4.78, 5) is 4.77. The topological polar surface area (TPSA) is 30.2 Å². The van der Waals surface area contributed by atoms with Crippen LogP contribution in [0, 0.1) is 0 Å². The quantitative estimate of drug-likeness (QED) is 0.258. The van der Waals surface area contributed by atoms with Gasteiger partial charge in [0.15, 0.2) is 11.3 Å². The lowest BCUT2D eigenvalue weighted by Crippen LogP contribution is -2.14. The van der Waals surface area contributed by atoms with Crippen molar-refractivity contribution in [2.24, 2.45) is 0 Å². The van der Waals surface area contributed by atoms with Crippen LogP contribution in [-0.4, -0.2) is 14.6 Å². The highest BCUT2D eigenvalue weighted by molar-refractivity contribution is 6.00. The lowest BCUT2D eigenvalue weighted by Gasteiger charge is -2.12. The zero-order chi connectivity index (χ0) is 24.7. The van der Waals surface area contributed by atoms with Gasteiger partial charge in [-0.25, -0.2) is 9.50 Å². The van der Waals surface area contributed by atoms with E-state index in [1.807, 2.05) is 78.9 Å². The zero-order valence-electron chi connectivity index (χ0n) is 19.1. The van der Waals surface area contributed by atoms with Gasteiger partial charge in [0.25, 0.3) is 0 Å². The Morgan fingerprint density at radius 2 is 1.39 bits per heavy atom. The van der Waals surface area contributed by atoms with Crippen LogP contribution < -0.4 is 0 Å². The molecule has 0 saturated carbocycles. The average Bonchev–Trinajstić information content (AvgIpc) is 3.25. The van der Waals surface area contributed by atoms with E-state index in [9.17, 15) is 13.2 Å². The van der Waals surface area contributed by atoms with E-state index in [-0.39, 0.29) is 11.3 Å². The molecule has 0 saturated heterocycles. The van der Waals surface area contributed by atoms with Crippen molar-refractivity contribution in [3.8, 4) is 22.4 Å². The maximum absolute atomic E-state index is 14.3. The first-order valence-corrected chi connectivity index (χ1v) is 11.6. The maximum Gasteiger partial charge on any atom is 0.433 e. The van der Waals surface area contributed by atoms with Crippen LogP contribution in [0.4, 0.5) is 13.2 Å². The Morgan fingerprint density at radius 1 is 0.722 bits per heavy atom. The Kier molecular flexibility index (Phi) is 5.29. The number of alkyl halides is 3. The highest BCUT2D eigenvalue weighted by atomic mass is 19.4. The van der Waals surface area contributed by atoms with Crippen molar-refractivity contribution in [1.29, 1.82) is 0 Å². The molecular formula is C30H20F3N3. The largest absolute Gasteiger partial charge is 0.433 e. The van der Waals surface area contributed by atoms with E-state index < -0.39 is 11.9 Å². The summed E-state index contributed by atoms with van der Waals surface area (Å²) in [5.41, 5.74) is 3.11. The van der Waals surface area contributed by atoms with Crippen LogP contribution >= 0.6 is 0 Å². The fourth-order valence-electron chi connectivity index (χ4n) is 4.65. The van der Waals surface area contributed by atoms with Crippen LogP contribution in [0.3, 0.4) is 0 Å². The number of benzene rings is 4. The molecule has 0 bridgehead atoms. The Morgan fingerprint density at radius 3 is 2.14 bits per heavy atom. The molecule has 6 rings (SSSR count). The van der Waals surface area contributed by atoms with Crippen LogP contribution in [0.5, 0.6) is 0 Å². The summed E-state index contributed by atoms with van der Waals surface area (Å²) in [5, 5.41) is 6.46. The lowest BCUT2D eigenvalue weighted by molar-refractivity contribution is -0.142. The molecule has 6 heteroatoms. The minimum absolute atomic E-state index is 0.186. The molecule has 0 spiro atoms. The molecule has 4 aromatic carbocycles. The lowest BCUT2D eigenvalue weighted by atomic mass is 9.96. The Labute approximate surface area is 205 Å². The van der Waals surface area contributed by atoms with E-state index in [4.69, 9.17) is 4.98 Å². The summed E-state index contributed by atoms with van der Waals surface area (Å²) >= 11 is 0. The van der Waals surface area contributed by atoms with Crippen LogP contribution in [-0.2, 0) is 12.6 Å². The molecule has 0 atom stereocenters. The van der Waals surface area contributed by atoms with Gasteiger partial charge in [-0.1, -0.05) is 103 Å². The second kappa shape index (κ2) is 8.64. The molecule has 36 heavy (non-hydrogen) atoms. The minimum atomic E-state index is -4.61. The maximum atomic E-state index is 14.3. The third-order valence-electron chi connectivity index (χ3n) is 6.29. The van der Waals surface area contributed by atoms with Crippen molar-refractivity contribution >= 4 is 16.4 Å². The number of halogens is 3. The molecular weight excluding hydrogens is 459 g/mol. The second-order valence-corrected chi connectivity index (χ2v) is 8.64. The van der Waals surface area contributed by atoms with Crippen molar-refractivity contribution in [3.05, 3.63) is 126 Å². The molecule has 6 aromatic rings. The van der Waals surface area contributed by atoms with Gasteiger partial charge >= 0.3 is 6.18 Å². The molecule has 3 nitrogen and oxygen atoms in total. The number of nitrogens with zero attached hydrogens (tertiary/aromatic N) is 3. The number of rotatable bonds is 4. The zero-order valence-corrected chi connectivity index (χ0v) is 19.1. The van der Waals surface area contributed by atoms with Crippen LogP contribution in [0.2, 0.25) is 0 Å². The van der Waals surface area contributed by atoms with Gasteiger partial charge in [-0.3, -0.25) is 0 Å². The summed E-state index contributed by atoms with van der Waals surface area (Å²) < 4.78 is 44.0. The third kappa shape index (κ3) is 3.90. The van der Waals surface area contributed by atoms with Crippen molar-refractivity contribution in [3.63, 3.8) is 0 Å². The minimum Gasteiger partial charge on any atom is -0.228 e. The first kappa shape index (κ1) is 22.0. The van der Waals surface area contributed by atoms with Crippen molar-refractivity contribution in [2.45, 2.75) is 12.6 Å². The van der Waals surface area contributed by atoms with Crippen LogP contribution in [0.25, 0.3) is 38.8 Å². The molecule has 0 aliphatic rings. The molecule has 0 unspecified atom stereocenters. The SMILES string of the molecule is FC(F)(F)c1cc(-c2ccccc2)nc2c(-c3cccc4ccccc34)c(Cc3ccccc3)nn12.